The summed E-state index contributed by atoms with van der Waals surface area (Å²) in [4.78, 5) is 20.0. The zero-order valence-electron chi connectivity index (χ0n) is 9.17. The Kier molecular flexibility index (Phi) is 11.9. The van der Waals surface area contributed by atoms with Crippen molar-refractivity contribution in [2.45, 2.75) is 0 Å². The standard InChI is InChI=1S/C9H9O4P.2Na/c10-14(11,12)13-8-4-7-9-5-2-1-3-6-9;;/h1-3,5-6H,8H2,(H2,10,11,12);;/q;2*+1/p-2. The molecule has 74 valence electrons. The van der Waals surface area contributed by atoms with Gasteiger partial charge in [-0.15, -0.1) is 0 Å². The van der Waals surface area contributed by atoms with Gasteiger partial charge in [-0.05, 0) is 12.1 Å². The van der Waals surface area contributed by atoms with E-state index in [0.29, 0.717) is 0 Å². The van der Waals surface area contributed by atoms with Gasteiger partial charge in [-0.25, -0.2) is 0 Å². The Bertz CT molecular complexity index is 393. The van der Waals surface area contributed by atoms with Crippen molar-refractivity contribution in [2.75, 3.05) is 6.61 Å². The molecule has 1 aromatic rings. The maximum absolute atomic E-state index is 10.0. The largest absolute Gasteiger partial charge is 1.00 e. The Labute approximate surface area is 139 Å². The molecule has 1 aromatic carbocycles. The van der Waals surface area contributed by atoms with Crippen LogP contribution in [0.1, 0.15) is 5.56 Å². The second-order valence-electron chi connectivity index (χ2n) is 2.39. The van der Waals surface area contributed by atoms with Crippen molar-refractivity contribution in [3.63, 3.8) is 0 Å². The van der Waals surface area contributed by atoms with E-state index in [-0.39, 0.29) is 59.1 Å². The van der Waals surface area contributed by atoms with Crippen molar-refractivity contribution < 1.29 is 78.0 Å². The van der Waals surface area contributed by atoms with E-state index in [1.165, 1.54) is 0 Å². The van der Waals surface area contributed by atoms with Gasteiger partial charge in [-0.1, -0.05) is 30.0 Å². The summed E-state index contributed by atoms with van der Waals surface area (Å²) >= 11 is 0. The molecule has 0 spiro atoms. The summed E-state index contributed by atoms with van der Waals surface area (Å²) in [7, 11) is -4.89. The van der Waals surface area contributed by atoms with Crippen LogP contribution in [0.2, 0.25) is 0 Å². The minimum absolute atomic E-state index is 0. The SMILES string of the molecule is O=P([O-])([O-])OCC#Cc1ccccc1.[Na+].[Na+]. The van der Waals surface area contributed by atoms with Crippen molar-refractivity contribution in [3.05, 3.63) is 35.9 Å². The predicted octanol–water partition coefficient (Wildman–Crippen LogP) is -6.11. The van der Waals surface area contributed by atoms with Gasteiger partial charge in [-0.2, -0.15) is 0 Å². The van der Waals surface area contributed by atoms with Gasteiger partial charge >= 0.3 is 59.1 Å². The molecule has 0 aliphatic heterocycles. The van der Waals surface area contributed by atoms with E-state index >= 15 is 0 Å². The van der Waals surface area contributed by atoms with Crippen LogP contribution in [0.3, 0.4) is 0 Å². The Morgan fingerprint density at radius 1 is 1.19 bits per heavy atom. The normalized spacial score (nSPS) is 9.12. The van der Waals surface area contributed by atoms with E-state index in [2.05, 4.69) is 16.4 Å². The number of rotatable bonds is 2. The number of hydrogen-bond donors (Lipinski definition) is 0. The Morgan fingerprint density at radius 2 is 1.75 bits per heavy atom. The summed E-state index contributed by atoms with van der Waals surface area (Å²) in [6, 6.07) is 8.97. The molecule has 0 aromatic heterocycles. The van der Waals surface area contributed by atoms with Crippen LogP contribution in [-0.4, -0.2) is 6.61 Å². The Morgan fingerprint density at radius 3 is 2.25 bits per heavy atom. The molecule has 0 aliphatic rings. The second kappa shape index (κ2) is 9.87. The summed E-state index contributed by atoms with van der Waals surface area (Å²) < 4.78 is 13.9. The zero-order valence-corrected chi connectivity index (χ0v) is 14.1. The average Bonchev–Trinajstić information content (AvgIpc) is 2.13. The van der Waals surface area contributed by atoms with Crippen LogP contribution in [0.5, 0.6) is 0 Å². The van der Waals surface area contributed by atoms with E-state index in [1.54, 1.807) is 24.3 Å². The molecule has 16 heavy (non-hydrogen) atoms. The fraction of sp³-hybridized carbons (Fsp3) is 0.111. The van der Waals surface area contributed by atoms with Crippen LogP contribution in [0, 0.1) is 11.8 Å². The van der Waals surface area contributed by atoms with Crippen molar-refractivity contribution >= 4 is 7.82 Å². The molecule has 0 amide bonds. The first-order chi connectivity index (χ1) is 6.58. The summed E-state index contributed by atoms with van der Waals surface area (Å²) in [6.45, 7) is -0.404. The number of phosphoric acid groups is 1. The molecule has 0 saturated heterocycles. The van der Waals surface area contributed by atoms with Crippen LogP contribution in [0.15, 0.2) is 30.3 Å². The third-order valence-corrected chi connectivity index (χ3v) is 1.75. The molecule has 0 N–H and O–H groups in total. The van der Waals surface area contributed by atoms with Gasteiger partial charge in [0.1, 0.15) is 6.61 Å². The maximum Gasteiger partial charge on any atom is 1.00 e. The van der Waals surface area contributed by atoms with E-state index in [0.717, 1.165) is 5.56 Å². The number of benzene rings is 1. The fourth-order valence-corrected chi connectivity index (χ4v) is 0.994. The molecule has 1 rings (SSSR count). The van der Waals surface area contributed by atoms with Crippen molar-refractivity contribution in [3.8, 4) is 11.8 Å². The van der Waals surface area contributed by atoms with Gasteiger partial charge in [0.25, 0.3) is 0 Å². The summed E-state index contributed by atoms with van der Waals surface area (Å²) in [5.41, 5.74) is 0.739. The van der Waals surface area contributed by atoms with Crippen LogP contribution >= 0.6 is 7.82 Å². The fourth-order valence-electron chi connectivity index (χ4n) is 0.771. The minimum Gasteiger partial charge on any atom is -0.790 e. The van der Waals surface area contributed by atoms with Gasteiger partial charge in [0.15, 0.2) is 0 Å². The first kappa shape index (κ1) is 19.2. The van der Waals surface area contributed by atoms with E-state index in [9.17, 15) is 14.4 Å². The molecule has 0 saturated carbocycles. The molecule has 0 radical (unpaired) electrons. The van der Waals surface area contributed by atoms with Crippen LogP contribution in [0.25, 0.3) is 0 Å². The smallest absolute Gasteiger partial charge is 0.790 e. The molecule has 7 heteroatoms. The molecular formula is C9H7Na2O4P. The Hall–Kier alpha value is 0.890. The maximum atomic E-state index is 10.0. The van der Waals surface area contributed by atoms with Crippen LogP contribution in [-0.2, 0) is 9.09 Å². The van der Waals surface area contributed by atoms with Crippen molar-refractivity contribution in [2.24, 2.45) is 0 Å². The first-order valence-corrected chi connectivity index (χ1v) is 5.24. The molecule has 0 atom stereocenters. The number of phosphoric ester groups is 1. The Balaban J connectivity index is 0. The summed E-state index contributed by atoms with van der Waals surface area (Å²) in [6.07, 6.45) is 0. The molecule has 0 bridgehead atoms. The molecule has 0 aliphatic carbocycles. The molecule has 0 unspecified atom stereocenters. The molecule has 4 nitrogen and oxygen atoms in total. The van der Waals surface area contributed by atoms with Gasteiger partial charge in [0.2, 0.25) is 0 Å². The third-order valence-electron chi connectivity index (χ3n) is 1.30. The second-order valence-corrected chi connectivity index (χ2v) is 3.54. The molecule has 0 fully saturated rings. The predicted molar refractivity (Wildman–Crippen MR) is 46.9 cm³/mol. The van der Waals surface area contributed by atoms with E-state index in [1.807, 2.05) is 6.07 Å². The van der Waals surface area contributed by atoms with Crippen LogP contribution < -0.4 is 68.9 Å². The monoisotopic (exact) mass is 256 g/mol. The van der Waals surface area contributed by atoms with Crippen LogP contribution in [0.4, 0.5) is 0 Å². The van der Waals surface area contributed by atoms with Crippen molar-refractivity contribution in [1.29, 1.82) is 0 Å². The minimum atomic E-state index is -4.89. The van der Waals surface area contributed by atoms with Crippen molar-refractivity contribution in [1.82, 2.24) is 0 Å². The summed E-state index contributed by atoms with van der Waals surface area (Å²) in [5, 5.41) is 0. The van der Waals surface area contributed by atoms with E-state index in [4.69, 9.17) is 0 Å². The topological polar surface area (TPSA) is 72.4 Å². The van der Waals surface area contributed by atoms with Gasteiger partial charge in [0, 0.05) is 5.56 Å². The third kappa shape index (κ3) is 10.1. The van der Waals surface area contributed by atoms with Gasteiger partial charge in [0.05, 0.1) is 7.82 Å². The first-order valence-electron chi connectivity index (χ1n) is 3.78. The summed E-state index contributed by atoms with van der Waals surface area (Å²) in [5.74, 6) is 5.06. The van der Waals surface area contributed by atoms with Gasteiger partial charge in [-0.3, -0.25) is 0 Å². The van der Waals surface area contributed by atoms with Gasteiger partial charge < -0.3 is 18.9 Å². The molecule has 0 heterocycles. The van der Waals surface area contributed by atoms with E-state index < -0.39 is 14.4 Å². The zero-order chi connectivity index (χ0) is 10.4. The molecular weight excluding hydrogens is 249 g/mol. The average molecular weight is 256 g/mol. The quantitative estimate of drug-likeness (QED) is 0.300. The number of hydrogen-bond acceptors (Lipinski definition) is 4.